The summed E-state index contributed by atoms with van der Waals surface area (Å²) >= 11 is 1.59. The highest BCUT2D eigenvalue weighted by Gasteiger charge is 2.41. The van der Waals surface area contributed by atoms with Crippen LogP contribution in [0.5, 0.6) is 11.5 Å². The monoisotopic (exact) mass is 436 g/mol. The lowest BCUT2D eigenvalue weighted by molar-refractivity contribution is -0.0771. The van der Waals surface area contributed by atoms with Gasteiger partial charge in [0.25, 0.3) is 5.91 Å². The fourth-order valence-corrected chi connectivity index (χ4v) is 5.52. The Balaban J connectivity index is 0.00000205. The summed E-state index contributed by atoms with van der Waals surface area (Å²) in [5, 5.41) is 6.41. The van der Waals surface area contributed by atoms with Crippen molar-refractivity contribution in [3.05, 3.63) is 45.6 Å². The zero-order valence-corrected chi connectivity index (χ0v) is 17.7. The van der Waals surface area contributed by atoms with Crippen LogP contribution in [0.4, 0.5) is 0 Å². The molecule has 0 bridgehead atoms. The number of hydrogen-bond acceptors (Lipinski definition) is 6. The molecule has 1 aromatic heterocycles. The van der Waals surface area contributed by atoms with Gasteiger partial charge in [-0.3, -0.25) is 4.79 Å². The van der Waals surface area contributed by atoms with Crippen LogP contribution in [0.15, 0.2) is 30.3 Å². The number of fused-ring (bicyclic) bond motifs is 3. The van der Waals surface area contributed by atoms with Gasteiger partial charge in [0.05, 0.1) is 18.0 Å². The van der Waals surface area contributed by atoms with Crippen molar-refractivity contribution in [2.75, 3.05) is 32.8 Å². The maximum Gasteiger partial charge on any atom is 0.261 e. The average molecular weight is 437 g/mol. The number of carbonyl (C=O) groups excluding carboxylic acids is 1. The molecule has 0 saturated carbocycles. The smallest absolute Gasteiger partial charge is 0.261 e. The van der Waals surface area contributed by atoms with E-state index >= 15 is 0 Å². The quantitative estimate of drug-likeness (QED) is 0.774. The molecule has 1 fully saturated rings. The topological polar surface area (TPSA) is 68.8 Å². The van der Waals surface area contributed by atoms with Crippen molar-refractivity contribution in [1.29, 1.82) is 0 Å². The first-order chi connectivity index (χ1) is 13.7. The first-order valence-corrected chi connectivity index (χ1v) is 10.7. The summed E-state index contributed by atoms with van der Waals surface area (Å²) in [6, 6.07) is 9.66. The molecule has 1 aromatic carbocycles. The van der Waals surface area contributed by atoms with Gasteiger partial charge in [-0.15, -0.1) is 23.7 Å². The fourth-order valence-electron chi connectivity index (χ4n) is 4.19. The van der Waals surface area contributed by atoms with Crippen molar-refractivity contribution >= 4 is 29.7 Å². The van der Waals surface area contributed by atoms with E-state index in [1.54, 1.807) is 11.3 Å². The Morgan fingerprint density at radius 3 is 2.86 bits per heavy atom. The second-order valence-electron chi connectivity index (χ2n) is 7.52. The molecule has 1 saturated heterocycles. The van der Waals surface area contributed by atoms with E-state index in [1.165, 1.54) is 10.4 Å². The predicted octanol–water partition coefficient (Wildman–Crippen LogP) is 2.89. The molecule has 8 heteroatoms. The van der Waals surface area contributed by atoms with Crippen molar-refractivity contribution in [2.24, 2.45) is 0 Å². The van der Waals surface area contributed by atoms with Crippen LogP contribution in [0.1, 0.15) is 33.0 Å². The standard InChI is InChI=1S/C21H24N2O4S.ClH/c24-20(23-12-15-13-25-16-3-1-2-4-17(16)27-15)18-11-14-5-10-26-21(19(14)28-18)6-8-22-9-7-21;/h1-4,11,15,22H,5-10,12-13H2,(H,23,24);1H. The van der Waals surface area contributed by atoms with E-state index in [1.807, 2.05) is 24.3 Å². The lowest BCUT2D eigenvalue weighted by atomic mass is 9.86. The minimum Gasteiger partial charge on any atom is -0.486 e. The Bertz CT molecular complexity index is 881. The van der Waals surface area contributed by atoms with Gasteiger partial charge in [0.2, 0.25) is 0 Å². The van der Waals surface area contributed by atoms with Crippen LogP contribution in [0, 0.1) is 0 Å². The molecule has 2 aromatic rings. The number of benzene rings is 1. The third-order valence-corrected chi connectivity index (χ3v) is 7.03. The zero-order chi connectivity index (χ0) is 19.0. The molecule has 156 valence electrons. The van der Waals surface area contributed by atoms with E-state index in [9.17, 15) is 4.79 Å². The van der Waals surface area contributed by atoms with Gasteiger partial charge in [0.15, 0.2) is 11.5 Å². The van der Waals surface area contributed by atoms with Crippen molar-refractivity contribution in [3.63, 3.8) is 0 Å². The Morgan fingerprint density at radius 1 is 1.24 bits per heavy atom. The maximum absolute atomic E-state index is 12.8. The summed E-state index contributed by atoms with van der Waals surface area (Å²) < 4.78 is 17.9. The van der Waals surface area contributed by atoms with E-state index in [0.29, 0.717) is 13.2 Å². The fraction of sp³-hybridized carbons (Fsp3) is 0.476. The number of carbonyl (C=O) groups is 1. The third kappa shape index (κ3) is 3.97. The van der Waals surface area contributed by atoms with E-state index in [2.05, 4.69) is 16.7 Å². The Labute approximate surface area is 180 Å². The number of rotatable bonds is 3. The molecule has 2 N–H and O–H groups in total. The van der Waals surface area contributed by atoms with E-state index in [0.717, 1.165) is 55.3 Å². The van der Waals surface area contributed by atoms with Crippen LogP contribution in [0.25, 0.3) is 0 Å². The lowest BCUT2D eigenvalue weighted by Gasteiger charge is -2.40. The summed E-state index contributed by atoms with van der Waals surface area (Å²) in [4.78, 5) is 14.8. The molecule has 0 radical (unpaired) electrons. The van der Waals surface area contributed by atoms with Crippen molar-refractivity contribution < 1.29 is 19.0 Å². The minimum absolute atomic E-state index is 0. The maximum atomic E-state index is 12.8. The van der Waals surface area contributed by atoms with Gasteiger partial charge in [0, 0.05) is 4.88 Å². The average Bonchev–Trinajstić information content (AvgIpc) is 3.19. The zero-order valence-electron chi connectivity index (χ0n) is 16.1. The van der Waals surface area contributed by atoms with Gasteiger partial charge in [-0.1, -0.05) is 12.1 Å². The number of halogens is 1. The Kier molecular flexibility index (Phi) is 6.01. The summed E-state index contributed by atoms with van der Waals surface area (Å²) in [5.41, 5.74) is 1.07. The second-order valence-corrected chi connectivity index (χ2v) is 8.57. The van der Waals surface area contributed by atoms with Crippen LogP contribution in [-0.2, 0) is 16.8 Å². The first-order valence-electron chi connectivity index (χ1n) is 9.88. The van der Waals surface area contributed by atoms with Crippen molar-refractivity contribution in [2.45, 2.75) is 31.0 Å². The molecule has 29 heavy (non-hydrogen) atoms. The highest BCUT2D eigenvalue weighted by atomic mass is 35.5. The largest absolute Gasteiger partial charge is 0.486 e. The van der Waals surface area contributed by atoms with Gasteiger partial charge < -0.3 is 24.8 Å². The van der Waals surface area contributed by atoms with E-state index in [4.69, 9.17) is 14.2 Å². The molecule has 5 rings (SSSR count). The summed E-state index contributed by atoms with van der Waals surface area (Å²) in [5.74, 6) is 1.43. The van der Waals surface area contributed by atoms with Crippen molar-refractivity contribution in [1.82, 2.24) is 10.6 Å². The normalized spacial score (nSPS) is 21.7. The molecular weight excluding hydrogens is 412 g/mol. The molecule has 1 unspecified atom stereocenters. The number of hydrogen-bond donors (Lipinski definition) is 2. The Morgan fingerprint density at radius 2 is 2.03 bits per heavy atom. The van der Waals surface area contributed by atoms with Gasteiger partial charge >= 0.3 is 0 Å². The SMILES string of the molecule is Cl.O=C(NCC1COc2ccccc2O1)c1cc2c(s1)C1(CCNCC1)OCC2. The first kappa shape index (κ1) is 20.5. The Hall–Kier alpha value is -1.80. The molecule has 0 aliphatic carbocycles. The summed E-state index contributed by atoms with van der Waals surface area (Å²) in [6.45, 7) is 3.50. The molecule has 1 spiro atoms. The van der Waals surface area contributed by atoms with Crippen LogP contribution in [-0.4, -0.2) is 44.9 Å². The number of para-hydroxylation sites is 2. The van der Waals surface area contributed by atoms with E-state index in [-0.39, 0.29) is 30.0 Å². The third-order valence-electron chi connectivity index (χ3n) is 5.67. The number of piperidine rings is 1. The second kappa shape index (κ2) is 8.52. The van der Waals surface area contributed by atoms with Gasteiger partial charge in [-0.25, -0.2) is 0 Å². The van der Waals surface area contributed by atoms with Crippen molar-refractivity contribution in [3.8, 4) is 11.5 Å². The summed E-state index contributed by atoms with van der Waals surface area (Å²) in [7, 11) is 0. The highest BCUT2D eigenvalue weighted by Crippen LogP contribution is 2.44. The van der Waals surface area contributed by atoms with E-state index < -0.39 is 0 Å². The highest BCUT2D eigenvalue weighted by molar-refractivity contribution is 7.14. The summed E-state index contributed by atoms with van der Waals surface area (Å²) in [6.07, 6.45) is 2.63. The molecule has 6 nitrogen and oxygen atoms in total. The molecule has 3 aliphatic heterocycles. The van der Waals surface area contributed by atoms with Crippen LogP contribution >= 0.6 is 23.7 Å². The molecular formula is C21H25ClN2O4S. The molecule has 1 atom stereocenters. The van der Waals surface area contributed by atoms with Gasteiger partial charge in [0.1, 0.15) is 18.3 Å². The minimum atomic E-state index is -0.202. The number of nitrogens with one attached hydrogen (secondary N) is 2. The van der Waals surface area contributed by atoms with Crippen LogP contribution < -0.4 is 20.1 Å². The molecule has 1 amide bonds. The number of ether oxygens (including phenoxy) is 3. The number of amides is 1. The van der Waals surface area contributed by atoms with Crippen LogP contribution in [0.3, 0.4) is 0 Å². The molecule has 4 heterocycles. The van der Waals surface area contributed by atoms with Crippen LogP contribution in [0.2, 0.25) is 0 Å². The predicted molar refractivity (Wildman–Crippen MR) is 114 cm³/mol. The molecule has 3 aliphatic rings. The number of thiophene rings is 1. The van der Waals surface area contributed by atoms with Gasteiger partial charge in [-0.05, 0) is 56.1 Å². The van der Waals surface area contributed by atoms with Gasteiger partial charge in [-0.2, -0.15) is 0 Å². The lowest BCUT2D eigenvalue weighted by Crippen LogP contribution is -2.44.